The summed E-state index contributed by atoms with van der Waals surface area (Å²) in [7, 11) is 0. The zero-order valence-electron chi connectivity index (χ0n) is 47.2. The Kier molecular flexibility index (Phi) is 15.3. The van der Waals surface area contributed by atoms with Gasteiger partial charge in [-0.05, 0) is 190 Å². The van der Waals surface area contributed by atoms with E-state index >= 15 is 0 Å². The van der Waals surface area contributed by atoms with Crippen LogP contribution in [0.25, 0.3) is 111 Å². The number of nitrogens with zero attached hydrogens (tertiary/aromatic N) is 4. The first-order valence-electron chi connectivity index (χ1n) is 27.4. The van der Waals surface area contributed by atoms with Gasteiger partial charge in [-0.3, -0.25) is 4.57 Å². The largest absolute Gasteiger partial charge is 0.416 e. The first-order chi connectivity index (χ1) is 44.5. The SMILES string of the molecule is N#Cc1ccc(-c2cc(-n3c4ccc(-c5cc(C(F)(F)F)cc(C(F)(F)F)c5)cc4c4cc(-c5cc(C(F)(F)F)cc(C(F)(F)F)c5)ccc43)ncc2-n2c3ccc(-c4cc(C(F)(F)F)cc(C(F)(F)F)c4)cc3c3cc(-c4cc(C(F)(F)F)cc(C(F)(F)F)c4)ccc32)cc1. The third-order valence-corrected chi connectivity index (χ3v) is 15.9. The lowest BCUT2D eigenvalue weighted by Crippen LogP contribution is -2.11. The minimum Gasteiger partial charge on any atom is -0.307 e. The Morgan fingerprint density at radius 3 is 0.740 bits per heavy atom. The Balaban J connectivity index is 1.14. The van der Waals surface area contributed by atoms with E-state index in [2.05, 4.69) is 0 Å². The Hall–Kier alpha value is -10.5. The fourth-order valence-electron chi connectivity index (χ4n) is 11.5. The summed E-state index contributed by atoms with van der Waals surface area (Å²) in [6, 6.07) is 25.4. The molecule has 0 atom stereocenters. The second-order valence-corrected chi connectivity index (χ2v) is 22.0. The van der Waals surface area contributed by atoms with Crippen molar-refractivity contribution in [2.45, 2.75) is 49.4 Å². The topological polar surface area (TPSA) is 46.5 Å². The molecule has 0 saturated carbocycles. The van der Waals surface area contributed by atoms with Crippen LogP contribution in [0.4, 0.5) is 105 Å². The number of benzene rings is 9. The molecule has 0 N–H and O–H groups in total. The summed E-state index contributed by atoms with van der Waals surface area (Å²) in [5, 5.41) is 9.47. The number of rotatable bonds is 7. The van der Waals surface area contributed by atoms with Crippen molar-refractivity contribution in [2.24, 2.45) is 0 Å². The van der Waals surface area contributed by atoms with E-state index in [0.29, 0.717) is 48.5 Å². The van der Waals surface area contributed by atoms with E-state index in [1.165, 1.54) is 69.9 Å². The van der Waals surface area contributed by atoms with Gasteiger partial charge in [-0.1, -0.05) is 36.4 Å². The van der Waals surface area contributed by atoms with Crippen molar-refractivity contribution < 1.29 is 105 Å². The smallest absolute Gasteiger partial charge is 0.307 e. The molecule has 490 valence electrons. The van der Waals surface area contributed by atoms with E-state index in [9.17, 15) is 111 Å². The van der Waals surface area contributed by atoms with Crippen LogP contribution in [0.1, 0.15) is 50.1 Å². The highest BCUT2D eigenvalue weighted by molar-refractivity contribution is 6.13. The first kappa shape index (κ1) is 65.6. The van der Waals surface area contributed by atoms with Crippen LogP contribution in [0.5, 0.6) is 0 Å². The summed E-state index contributed by atoms with van der Waals surface area (Å²) in [6.07, 6.45) is -41.6. The molecule has 0 fully saturated rings. The molecule has 28 heteroatoms. The van der Waals surface area contributed by atoms with Gasteiger partial charge < -0.3 is 4.57 Å². The van der Waals surface area contributed by atoms with Gasteiger partial charge in [0.25, 0.3) is 0 Å². The van der Waals surface area contributed by atoms with Gasteiger partial charge in [0, 0.05) is 27.1 Å². The average Bonchev–Trinajstić information content (AvgIpc) is 1.56. The van der Waals surface area contributed by atoms with Crippen molar-refractivity contribution in [2.75, 3.05) is 0 Å². The molecule has 0 radical (unpaired) electrons. The highest BCUT2D eigenvalue weighted by Crippen LogP contribution is 2.48. The van der Waals surface area contributed by atoms with Crippen LogP contribution in [0.3, 0.4) is 0 Å². The minimum atomic E-state index is -5.34. The molecule has 0 spiro atoms. The fraction of sp³-hybridized carbons (Fsp3) is 0.118. The van der Waals surface area contributed by atoms with Crippen molar-refractivity contribution in [3.63, 3.8) is 0 Å². The predicted octanol–water partition coefficient (Wildman–Crippen LogP) is 23.6. The third-order valence-electron chi connectivity index (χ3n) is 15.9. The summed E-state index contributed by atoms with van der Waals surface area (Å²) in [5.41, 5.74) is -17.4. The van der Waals surface area contributed by atoms with Gasteiger partial charge in [-0.25, -0.2) is 4.98 Å². The second-order valence-electron chi connectivity index (χ2n) is 22.0. The maximum absolute atomic E-state index is 14.3. The number of halogens is 24. The highest BCUT2D eigenvalue weighted by atomic mass is 19.4. The first-order valence-corrected chi connectivity index (χ1v) is 27.4. The highest BCUT2D eigenvalue weighted by Gasteiger charge is 2.42. The number of nitriles is 1. The summed E-state index contributed by atoms with van der Waals surface area (Å²) < 4.78 is 345. The molecular weight excluding hydrogens is 1330 g/mol. The van der Waals surface area contributed by atoms with Crippen molar-refractivity contribution in [3.8, 4) is 73.2 Å². The Morgan fingerprint density at radius 1 is 0.260 bits per heavy atom. The number of fused-ring (bicyclic) bond motifs is 6. The normalized spacial score (nSPS) is 13.2. The van der Waals surface area contributed by atoms with Crippen molar-refractivity contribution in [3.05, 3.63) is 232 Å². The number of pyridine rings is 1. The molecule has 0 saturated heterocycles. The predicted molar refractivity (Wildman–Crippen MR) is 305 cm³/mol. The quantitative estimate of drug-likeness (QED) is 0.149. The van der Waals surface area contributed by atoms with Crippen molar-refractivity contribution >= 4 is 43.6 Å². The number of aromatic nitrogens is 3. The molecule has 0 unspecified atom stereocenters. The lowest BCUT2D eigenvalue weighted by molar-refractivity contribution is -0.144. The zero-order valence-corrected chi connectivity index (χ0v) is 47.2. The van der Waals surface area contributed by atoms with Crippen LogP contribution in [0.2, 0.25) is 0 Å². The molecule has 3 heterocycles. The van der Waals surface area contributed by atoms with Gasteiger partial charge in [0.05, 0.1) is 90.1 Å². The van der Waals surface area contributed by atoms with E-state index in [-0.39, 0.29) is 118 Å². The van der Waals surface area contributed by atoms with Gasteiger partial charge in [-0.2, -0.15) is 111 Å². The minimum absolute atomic E-state index is 0.00172. The number of alkyl halides is 24. The molecule has 4 nitrogen and oxygen atoms in total. The van der Waals surface area contributed by atoms with Gasteiger partial charge in [0.2, 0.25) is 0 Å². The van der Waals surface area contributed by atoms with Crippen LogP contribution in [-0.2, 0) is 49.4 Å². The van der Waals surface area contributed by atoms with Crippen LogP contribution in [0.15, 0.2) is 182 Å². The van der Waals surface area contributed by atoms with Gasteiger partial charge in [-0.15, -0.1) is 0 Å². The van der Waals surface area contributed by atoms with Crippen LogP contribution in [-0.4, -0.2) is 14.1 Å². The molecule has 0 amide bonds. The summed E-state index contributed by atoms with van der Waals surface area (Å²) >= 11 is 0. The van der Waals surface area contributed by atoms with Gasteiger partial charge >= 0.3 is 49.4 Å². The van der Waals surface area contributed by atoms with E-state index in [1.54, 1.807) is 0 Å². The van der Waals surface area contributed by atoms with Gasteiger partial charge in [0.1, 0.15) is 5.82 Å². The fourth-order valence-corrected chi connectivity index (χ4v) is 11.5. The summed E-state index contributed by atoms with van der Waals surface area (Å²) in [6.45, 7) is 0. The Labute approximate surface area is 521 Å². The molecule has 3 aromatic heterocycles. The number of hydrogen-bond donors (Lipinski definition) is 0. The van der Waals surface area contributed by atoms with E-state index in [1.807, 2.05) is 6.07 Å². The average molecular weight is 1360 g/mol. The van der Waals surface area contributed by atoms with Gasteiger partial charge in [0.15, 0.2) is 0 Å². The molecule has 96 heavy (non-hydrogen) atoms. The van der Waals surface area contributed by atoms with Crippen LogP contribution < -0.4 is 0 Å². The summed E-state index contributed by atoms with van der Waals surface area (Å²) in [4.78, 5) is 4.75. The van der Waals surface area contributed by atoms with E-state index < -0.39 is 116 Å². The van der Waals surface area contributed by atoms with E-state index in [0.717, 1.165) is 48.5 Å². The summed E-state index contributed by atoms with van der Waals surface area (Å²) in [5.74, 6) is -0.157. The van der Waals surface area contributed by atoms with Crippen molar-refractivity contribution in [1.29, 1.82) is 5.26 Å². The molecule has 12 aromatic rings. The molecule has 9 aromatic carbocycles. The molecule has 0 aliphatic carbocycles. The Morgan fingerprint density at radius 2 is 0.500 bits per heavy atom. The Bertz CT molecular complexity index is 4780. The molecule has 0 aliphatic heterocycles. The molecule has 0 bridgehead atoms. The van der Waals surface area contributed by atoms with Crippen LogP contribution in [0, 0.1) is 11.3 Å². The maximum atomic E-state index is 14.3. The maximum Gasteiger partial charge on any atom is 0.416 e. The molecule has 0 aliphatic rings. The van der Waals surface area contributed by atoms with Crippen LogP contribution >= 0.6 is 0 Å². The third kappa shape index (κ3) is 12.4. The number of hydrogen-bond acceptors (Lipinski definition) is 2. The monoisotopic (exact) mass is 1360 g/mol. The van der Waals surface area contributed by atoms with Crippen molar-refractivity contribution in [1.82, 2.24) is 14.1 Å². The standard InChI is InChI=1S/C68H30F24N4/c69-61(70,71)42-13-38(14-43(25-42)62(72,73)74)34-5-9-55-51(21-34)52-22-35(39-15-44(63(75,76)77)26-45(16-39)64(78,79)80)6-10-56(52)95(55)59-31-94-60(29-50(59)33-3-1-32(30-93)2-4-33)96-57-11-7-36(40-17-46(65(81,82)83)27-47(18-40)66(84,85)86)23-53(57)54-24-37(8-12-58(54)96)41-19-48(67(87,88)89)28-49(20-41)68(90,91)92/h1-29,31H. The lowest BCUT2D eigenvalue weighted by Gasteiger charge is -2.17. The second kappa shape index (κ2) is 22.3. The zero-order chi connectivity index (χ0) is 69.5. The molecular formula is C68H30F24N4. The molecule has 12 rings (SSSR count). The lowest BCUT2D eigenvalue weighted by atomic mass is 9.96. The van der Waals surface area contributed by atoms with E-state index in [4.69, 9.17) is 4.98 Å².